The first-order chi connectivity index (χ1) is 18.8. The zero-order valence-corrected chi connectivity index (χ0v) is 23.4. The Kier molecular flexibility index (Phi) is 10.3. The quantitative estimate of drug-likeness (QED) is 0.243. The van der Waals surface area contributed by atoms with Gasteiger partial charge in [0.1, 0.15) is 30.2 Å². The maximum absolute atomic E-state index is 11.5. The fraction of sp³-hybridized carbons (Fsp3) is 0.367. The number of hydrogen-bond acceptors (Lipinski definition) is 8. The van der Waals surface area contributed by atoms with E-state index in [0.29, 0.717) is 29.4 Å². The zero-order chi connectivity index (χ0) is 27.9. The van der Waals surface area contributed by atoms with Gasteiger partial charge in [-0.1, -0.05) is 48.0 Å². The summed E-state index contributed by atoms with van der Waals surface area (Å²) in [5, 5.41) is 32.7. The Balaban J connectivity index is 1.45. The number of carbonyl (C=O) groups excluding carboxylic acids is 1. The van der Waals surface area contributed by atoms with E-state index in [4.69, 9.17) is 25.8 Å². The Morgan fingerprint density at radius 3 is 2.31 bits per heavy atom. The van der Waals surface area contributed by atoms with Crippen LogP contribution in [0.2, 0.25) is 5.02 Å². The average molecular weight is 573 g/mol. The van der Waals surface area contributed by atoms with Crippen molar-refractivity contribution < 1.29 is 34.3 Å². The number of ether oxygens (including phenoxy) is 3. The van der Waals surface area contributed by atoms with Crippen molar-refractivity contribution in [3.63, 3.8) is 0 Å². The number of carbonyl (C=O) groups is 1. The Hall–Kier alpha value is -2.59. The third-order valence-electron chi connectivity index (χ3n) is 6.65. The van der Waals surface area contributed by atoms with Gasteiger partial charge in [0, 0.05) is 15.7 Å². The van der Waals surface area contributed by atoms with Crippen molar-refractivity contribution in [2.24, 2.45) is 0 Å². The van der Waals surface area contributed by atoms with Crippen LogP contribution in [-0.4, -0.2) is 65.2 Å². The molecule has 39 heavy (non-hydrogen) atoms. The maximum atomic E-state index is 11.5. The third-order valence-corrected chi connectivity index (χ3v) is 8.12. The van der Waals surface area contributed by atoms with Crippen molar-refractivity contribution in [3.8, 4) is 5.75 Å². The topological polar surface area (TPSA) is 105 Å². The second-order valence-corrected chi connectivity index (χ2v) is 10.9. The van der Waals surface area contributed by atoms with E-state index in [9.17, 15) is 20.1 Å². The van der Waals surface area contributed by atoms with E-state index < -0.39 is 30.5 Å². The molecule has 0 spiro atoms. The summed E-state index contributed by atoms with van der Waals surface area (Å²) >= 11 is 7.95. The van der Waals surface area contributed by atoms with Gasteiger partial charge < -0.3 is 29.5 Å². The molecule has 7 nitrogen and oxygen atoms in total. The van der Waals surface area contributed by atoms with Crippen molar-refractivity contribution in [2.45, 2.75) is 55.2 Å². The molecule has 0 aliphatic carbocycles. The minimum atomic E-state index is -1.37. The monoisotopic (exact) mass is 572 g/mol. The first-order valence-electron chi connectivity index (χ1n) is 12.8. The van der Waals surface area contributed by atoms with Crippen molar-refractivity contribution in [3.05, 3.63) is 94.0 Å². The van der Waals surface area contributed by atoms with Gasteiger partial charge in [-0.05, 0) is 65.9 Å². The van der Waals surface area contributed by atoms with E-state index in [1.807, 2.05) is 61.5 Å². The van der Waals surface area contributed by atoms with Gasteiger partial charge in [-0.25, -0.2) is 0 Å². The predicted octanol–water partition coefficient (Wildman–Crippen LogP) is 4.36. The second-order valence-electron chi connectivity index (χ2n) is 9.38. The Bertz CT molecular complexity index is 1240. The van der Waals surface area contributed by atoms with Gasteiger partial charge in [0.05, 0.1) is 26.2 Å². The van der Waals surface area contributed by atoms with E-state index in [2.05, 4.69) is 0 Å². The molecule has 0 saturated carbocycles. The van der Waals surface area contributed by atoms with Crippen molar-refractivity contribution in [1.29, 1.82) is 0 Å². The molecule has 208 valence electrons. The zero-order valence-electron chi connectivity index (χ0n) is 21.8. The number of methoxy groups -OCH3 is 1. The Labute approximate surface area is 237 Å². The summed E-state index contributed by atoms with van der Waals surface area (Å²) in [5.74, 6) is 0.843. The fourth-order valence-electron chi connectivity index (χ4n) is 4.48. The van der Waals surface area contributed by atoms with Crippen LogP contribution in [0, 0.1) is 0 Å². The summed E-state index contributed by atoms with van der Waals surface area (Å²) in [6.45, 7) is 2.53. The molecule has 0 unspecified atom stereocenters. The number of aliphatic hydroxyl groups excluding tert-OH is 3. The highest BCUT2D eigenvalue weighted by Gasteiger charge is 2.44. The normalized spacial score (nSPS) is 22.9. The standard InChI is InChI=1S/C30H33ClO7S/c1-3-37-22-9-4-18(5-10-22)14-21-16-20(8-13-24(21)31)30-29(35)28(34)27(33)25(38-30)17-39-23-11-6-19(7-12-23)15-26(32)36-2/h4-13,16,25,27-30,33-35H,3,14-15,17H2,1-2H3/t25-,27+,28-,29-,30+/m1/s1. The van der Waals surface area contributed by atoms with E-state index >= 15 is 0 Å². The molecule has 9 heteroatoms. The van der Waals surface area contributed by atoms with Crippen LogP contribution in [0.4, 0.5) is 0 Å². The molecule has 5 atom stereocenters. The number of esters is 1. The molecule has 4 rings (SSSR count). The van der Waals surface area contributed by atoms with Gasteiger partial charge in [-0.3, -0.25) is 4.79 Å². The molecule has 1 saturated heterocycles. The summed E-state index contributed by atoms with van der Waals surface area (Å²) in [4.78, 5) is 12.4. The van der Waals surface area contributed by atoms with Crippen LogP contribution >= 0.6 is 23.4 Å². The van der Waals surface area contributed by atoms with Gasteiger partial charge in [0.25, 0.3) is 0 Å². The molecule has 3 aromatic carbocycles. The summed E-state index contributed by atoms with van der Waals surface area (Å²) in [7, 11) is 1.35. The summed E-state index contributed by atoms with van der Waals surface area (Å²) in [6.07, 6.45) is -4.73. The molecule has 1 fully saturated rings. The SMILES string of the molecule is CCOc1ccc(Cc2cc([C@@H]3O[C@H](CSc4ccc(CC(=O)OC)cc4)[C@H](O)[C@@H](O)[C@H]3O)ccc2Cl)cc1. The highest BCUT2D eigenvalue weighted by Crippen LogP contribution is 2.36. The van der Waals surface area contributed by atoms with E-state index in [1.54, 1.807) is 12.1 Å². The average Bonchev–Trinajstić information content (AvgIpc) is 2.94. The van der Waals surface area contributed by atoms with Crippen LogP contribution in [0.1, 0.15) is 35.3 Å². The molecule has 1 aliphatic rings. The molecule has 0 radical (unpaired) electrons. The number of halogens is 1. The molecule has 0 aromatic heterocycles. The molecule has 3 aromatic rings. The van der Waals surface area contributed by atoms with Crippen molar-refractivity contribution in [1.82, 2.24) is 0 Å². The van der Waals surface area contributed by atoms with E-state index in [1.165, 1.54) is 18.9 Å². The second kappa shape index (κ2) is 13.7. The van der Waals surface area contributed by atoms with Crippen LogP contribution in [0.25, 0.3) is 0 Å². The lowest BCUT2D eigenvalue weighted by atomic mass is 9.90. The minimum absolute atomic E-state index is 0.194. The Morgan fingerprint density at radius 2 is 1.64 bits per heavy atom. The van der Waals surface area contributed by atoms with Crippen molar-refractivity contribution in [2.75, 3.05) is 19.5 Å². The molecule has 1 aliphatic heterocycles. The maximum Gasteiger partial charge on any atom is 0.309 e. The van der Waals surface area contributed by atoms with Crippen LogP contribution < -0.4 is 4.74 Å². The van der Waals surface area contributed by atoms with Gasteiger partial charge >= 0.3 is 5.97 Å². The molecular weight excluding hydrogens is 540 g/mol. The summed E-state index contributed by atoms with van der Waals surface area (Å²) in [6, 6.07) is 20.7. The fourth-order valence-corrected chi connectivity index (χ4v) is 5.63. The highest BCUT2D eigenvalue weighted by molar-refractivity contribution is 7.99. The van der Waals surface area contributed by atoms with Crippen LogP contribution in [0.5, 0.6) is 5.75 Å². The minimum Gasteiger partial charge on any atom is -0.494 e. The smallest absolute Gasteiger partial charge is 0.309 e. The van der Waals surface area contributed by atoms with Crippen LogP contribution in [-0.2, 0) is 27.1 Å². The lowest BCUT2D eigenvalue weighted by Crippen LogP contribution is -2.54. The number of thioether (sulfide) groups is 1. The highest BCUT2D eigenvalue weighted by atomic mass is 35.5. The lowest BCUT2D eigenvalue weighted by molar-refractivity contribution is -0.218. The number of rotatable bonds is 10. The van der Waals surface area contributed by atoms with E-state index in [-0.39, 0.29) is 12.4 Å². The van der Waals surface area contributed by atoms with Crippen LogP contribution in [0.3, 0.4) is 0 Å². The predicted molar refractivity (Wildman–Crippen MR) is 150 cm³/mol. The summed E-state index contributed by atoms with van der Waals surface area (Å²) in [5.41, 5.74) is 3.40. The molecule has 0 bridgehead atoms. The molecular formula is C30H33ClO7S. The van der Waals surface area contributed by atoms with Crippen LogP contribution in [0.15, 0.2) is 71.6 Å². The van der Waals surface area contributed by atoms with Crippen molar-refractivity contribution >= 4 is 29.3 Å². The number of hydrogen-bond donors (Lipinski definition) is 3. The van der Waals surface area contributed by atoms with E-state index in [0.717, 1.165) is 27.3 Å². The third kappa shape index (κ3) is 7.54. The number of aliphatic hydroxyl groups is 3. The first kappa shape index (κ1) is 29.4. The molecule has 3 N–H and O–H groups in total. The first-order valence-corrected chi connectivity index (χ1v) is 14.1. The number of benzene rings is 3. The van der Waals surface area contributed by atoms with Gasteiger partial charge in [-0.15, -0.1) is 11.8 Å². The van der Waals surface area contributed by atoms with Gasteiger partial charge in [-0.2, -0.15) is 0 Å². The largest absolute Gasteiger partial charge is 0.494 e. The lowest BCUT2D eigenvalue weighted by Gasteiger charge is -2.41. The Morgan fingerprint density at radius 1 is 0.949 bits per heavy atom. The molecule has 0 amide bonds. The molecule has 1 heterocycles. The van der Waals surface area contributed by atoms with Gasteiger partial charge in [0.15, 0.2) is 0 Å². The van der Waals surface area contributed by atoms with Gasteiger partial charge in [0.2, 0.25) is 0 Å². The summed E-state index contributed by atoms with van der Waals surface area (Å²) < 4.78 is 16.4.